The zero-order valence-corrected chi connectivity index (χ0v) is 11.8. The highest BCUT2D eigenvalue weighted by atomic mass is 16.7. The molecule has 0 aromatic heterocycles. The van der Waals surface area contributed by atoms with E-state index in [2.05, 4.69) is 0 Å². The quantitative estimate of drug-likeness (QED) is 0.654. The van der Waals surface area contributed by atoms with Crippen LogP contribution in [0.3, 0.4) is 0 Å². The first-order valence-electron chi connectivity index (χ1n) is 6.57. The van der Waals surface area contributed by atoms with Crippen molar-refractivity contribution in [1.82, 2.24) is 0 Å². The fourth-order valence-electron chi connectivity index (χ4n) is 1.59. The summed E-state index contributed by atoms with van der Waals surface area (Å²) in [7, 11) is 0. The Morgan fingerprint density at radius 2 is 1.28 bits per heavy atom. The lowest BCUT2D eigenvalue weighted by Gasteiger charge is -2.19. The zero-order valence-electron chi connectivity index (χ0n) is 11.8. The van der Waals surface area contributed by atoms with Crippen LogP contribution in [0.2, 0.25) is 0 Å². The van der Waals surface area contributed by atoms with E-state index in [1.807, 2.05) is 13.8 Å². The molecule has 0 fully saturated rings. The first kappa shape index (κ1) is 17.2. The van der Waals surface area contributed by atoms with Crippen molar-refractivity contribution in [3.8, 4) is 0 Å². The average molecular weight is 262 g/mol. The summed E-state index contributed by atoms with van der Waals surface area (Å²) in [6.07, 6.45) is -0.299. The fourth-order valence-corrected chi connectivity index (χ4v) is 1.59. The maximum absolute atomic E-state index is 11.3. The molecule has 0 aliphatic heterocycles. The van der Waals surface area contributed by atoms with Crippen LogP contribution < -0.4 is 0 Å². The molecule has 0 aliphatic carbocycles. The predicted molar refractivity (Wildman–Crippen MR) is 68.2 cm³/mol. The molecule has 18 heavy (non-hydrogen) atoms. The minimum absolute atomic E-state index is 0.0729. The number of rotatable bonds is 8. The Kier molecular flexibility index (Phi) is 8.75. The van der Waals surface area contributed by atoms with Gasteiger partial charge in [-0.25, -0.2) is 4.79 Å². The van der Waals surface area contributed by atoms with Crippen molar-refractivity contribution >= 4 is 6.16 Å². The first-order valence-corrected chi connectivity index (χ1v) is 6.57. The van der Waals surface area contributed by atoms with Crippen LogP contribution in [0.5, 0.6) is 0 Å². The van der Waals surface area contributed by atoms with Crippen LogP contribution in [0.15, 0.2) is 0 Å². The molecule has 5 nitrogen and oxygen atoms in total. The number of hydrogen-bond acceptors (Lipinski definition) is 5. The molecule has 0 spiro atoms. The van der Waals surface area contributed by atoms with Gasteiger partial charge in [0.2, 0.25) is 0 Å². The van der Waals surface area contributed by atoms with Crippen LogP contribution in [0.25, 0.3) is 0 Å². The summed E-state index contributed by atoms with van der Waals surface area (Å²) in [5.74, 6) is -0.146. The van der Waals surface area contributed by atoms with E-state index < -0.39 is 18.4 Å². The number of carbonyl (C=O) groups is 1. The van der Waals surface area contributed by atoms with E-state index in [4.69, 9.17) is 9.47 Å². The summed E-state index contributed by atoms with van der Waals surface area (Å²) in [5.41, 5.74) is 0. The Hall–Kier alpha value is -0.810. The van der Waals surface area contributed by atoms with Gasteiger partial charge in [-0.1, -0.05) is 13.8 Å². The van der Waals surface area contributed by atoms with E-state index in [1.54, 1.807) is 13.8 Å². The third-order valence-electron chi connectivity index (χ3n) is 3.24. The molecular formula is C13H26O5. The molecule has 0 heterocycles. The highest BCUT2D eigenvalue weighted by Crippen LogP contribution is 2.11. The summed E-state index contributed by atoms with van der Waals surface area (Å²) >= 11 is 0. The van der Waals surface area contributed by atoms with Gasteiger partial charge in [-0.05, 0) is 26.7 Å². The van der Waals surface area contributed by atoms with Gasteiger partial charge in [-0.3, -0.25) is 0 Å². The normalized spacial score (nSPS) is 17.7. The Morgan fingerprint density at radius 1 is 0.944 bits per heavy atom. The van der Waals surface area contributed by atoms with E-state index in [0.29, 0.717) is 0 Å². The van der Waals surface area contributed by atoms with E-state index in [-0.39, 0.29) is 25.0 Å². The Bertz CT molecular complexity index is 205. The van der Waals surface area contributed by atoms with Gasteiger partial charge >= 0.3 is 6.16 Å². The maximum atomic E-state index is 11.3. The van der Waals surface area contributed by atoms with Crippen LogP contribution in [0.1, 0.15) is 40.5 Å². The van der Waals surface area contributed by atoms with Crippen molar-refractivity contribution in [2.75, 3.05) is 13.2 Å². The minimum Gasteiger partial charge on any atom is -0.434 e. The first-order chi connectivity index (χ1) is 8.42. The third-order valence-corrected chi connectivity index (χ3v) is 3.24. The molecule has 0 rings (SSSR count). The second-order valence-corrected chi connectivity index (χ2v) is 4.69. The highest BCUT2D eigenvalue weighted by molar-refractivity contribution is 5.59. The molecule has 0 aliphatic rings. The standard InChI is InChI=1S/C13H26O5/c1-5-11(9(3)14)7-17-13(16)18-8-12(6-2)10(4)15/h9-12,14-15H,5-8H2,1-4H3. The molecule has 0 saturated heterocycles. The largest absolute Gasteiger partial charge is 0.508 e. The molecule has 0 saturated carbocycles. The van der Waals surface area contributed by atoms with E-state index in [0.717, 1.165) is 12.8 Å². The lowest BCUT2D eigenvalue weighted by Crippen LogP contribution is -2.26. The maximum Gasteiger partial charge on any atom is 0.508 e. The Balaban J connectivity index is 3.90. The number of aliphatic hydroxyl groups is 2. The monoisotopic (exact) mass is 262 g/mol. The molecule has 0 aromatic rings. The second-order valence-electron chi connectivity index (χ2n) is 4.69. The van der Waals surface area contributed by atoms with Gasteiger partial charge in [0, 0.05) is 11.8 Å². The summed E-state index contributed by atoms with van der Waals surface area (Å²) < 4.78 is 9.86. The average Bonchev–Trinajstić information content (AvgIpc) is 2.29. The number of carbonyl (C=O) groups excluding carboxylic acids is 1. The minimum atomic E-state index is -0.742. The van der Waals surface area contributed by atoms with Crippen molar-refractivity contribution in [3.05, 3.63) is 0 Å². The second kappa shape index (κ2) is 9.16. The molecule has 0 amide bonds. The molecule has 0 radical (unpaired) electrons. The van der Waals surface area contributed by atoms with Gasteiger partial charge in [0.05, 0.1) is 12.2 Å². The Morgan fingerprint density at radius 3 is 1.50 bits per heavy atom. The van der Waals surface area contributed by atoms with Gasteiger partial charge < -0.3 is 19.7 Å². The van der Waals surface area contributed by atoms with Crippen molar-refractivity contribution in [2.24, 2.45) is 11.8 Å². The van der Waals surface area contributed by atoms with Gasteiger partial charge in [0.25, 0.3) is 0 Å². The molecular weight excluding hydrogens is 236 g/mol. The number of aliphatic hydroxyl groups excluding tert-OH is 2. The molecule has 2 N–H and O–H groups in total. The van der Waals surface area contributed by atoms with E-state index >= 15 is 0 Å². The third kappa shape index (κ3) is 6.81. The molecule has 4 atom stereocenters. The smallest absolute Gasteiger partial charge is 0.434 e. The van der Waals surface area contributed by atoms with Crippen LogP contribution in [-0.2, 0) is 9.47 Å². The molecule has 5 heteroatoms. The van der Waals surface area contributed by atoms with Gasteiger partial charge in [-0.2, -0.15) is 0 Å². The highest BCUT2D eigenvalue weighted by Gasteiger charge is 2.18. The van der Waals surface area contributed by atoms with Crippen molar-refractivity contribution in [1.29, 1.82) is 0 Å². The Labute approximate surface area is 109 Å². The SMILES string of the molecule is CCC(COC(=O)OCC(CC)C(C)O)C(C)O. The number of ether oxygens (including phenoxy) is 2. The van der Waals surface area contributed by atoms with E-state index in [1.165, 1.54) is 0 Å². The summed E-state index contributed by atoms with van der Waals surface area (Å²) in [5, 5.41) is 18.8. The lowest BCUT2D eigenvalue weighted by molar-refractivity contribution is 0.000405. The van der Waals surface area contributed by atoms with Gasteiger partial charge in [-0.15, -0.1) is 0 Å². The van der Waals surface area contributed by atoms with Crippen LogP contribution >= 0.6 is 0 Å². The summed E-state index contributed by atoms with van der Waals surface area (Å²) in [6, 6.07) is 0. The van der Waals surface area contributed by atoms with Crippen molar-refractivity contribution < 1.29 is 24.5 Å². The van der Waals surface area contributed by atoms with Gasteiger partial charge in [0.1, 0.15) is 13.2 Å². The van der Waals surface area contributed by atoms with Gasteiger partial charge in [0.15, 0.2) is 0 Å². The fraction of sp³-hybridized carbons (Fsp3) is 0.923. The van der Waals surface area contributed by atoms with Crippen molar-refractivity contribution in [2.45, 2.75) is 52.7 Å². The molecule has 4 unspecified atom stereocenters. The van der Waals surface area contributed by atoms with E-state index in [9.17, 15) is 15.0 Å². The van der Waals surface area contributed by atoms with Crippen LogP contribution in [-0.4, -0.2) is 41.8 Å². The van der Waals surface area contributed by atoms with Crippen molar-refractivity contribution in [3.63, 3.8) is 0 Å². The lowest BCUT2D eigenvalue weighted by atomic mass is 10.0. The van der Waals surface area contributed by atoms with Crippen LogP contribution in [0.4, 0.5) is 4.79 Å². The zero-order chi connectivity index (χ0) is 14.1. The molecule has 0 aromatic carbocycles. The van der Waals surface area contributed by atoms with Crippen LogP contribution in [0, 0.1) is 11.8 Å². The molecule has 0 bridgehead atoms. The summed E-state index contributed by atoms with van der Waals surface area (Å²) in [4.78, 5) is 11.3. The molecule has 108 valence electrons. The number of hydrogen-bond donors (Lipinski definition) is 2. The summed E-state index contributed by atoms with van der Waals surface area (Å²) in [6.45, 7) is 7.49. The predicted octanol–water partition coefficient (Wildman–Crippen LogP) is 1.95. The topological polar surface area (TPSA) is 76.0 Å².